The van der Waals surface area contributed by atoms with Crippen LogP contribution in [0.2, 0.25) is 43.8 Å². The van der Waals surface area contributed by atoms with Crippen LogP contribution in [-0.4, -0.2) is 57.7 Å². The summed E-state index contributed by atoms with van der Waals surface area (Å²) < 4.78 is 27.1. The maximum absolute atomic E-state index is 6.39. The van der Waals surface area contributed by atoms with Crippen LogP contribution in [0.5, 0.6) is 0 Å². The molecule has 34 heavy (non-hydrogen) atoms. The van der Waals surface area contributed by atoms with Gasteiger partial charge in [-0.05, 0) is 71.1 Å². The molecule has 0 aromatic carbocycles. The molecule has 0 saturated carbocycles. The van der Waals surface area contributed by atoms with Gasteiger partial charge in [0, 0.05) is 38.6 Å². The van der Waals surface area contributed by atoms with Crippen molar-refractivity contribution < 1.29 is 18.5 Å². The van der Waals surface area contributed by atoms with Crippen LogP contribution in [0.1, 0.15) is 67.0 Å². The number of hydrogen-bond acceptors (Lipinski definition) is 5. The van der Waals surface area contributed by atoms with Crippen molar-refractivity contribution in [2.24, 2.45) is 0 Å². The Labute approximate surface area is 211 Å². The predicted octanol–water partition coefficient (Wildman–Crippen LogP) is 5.84. The molecule has 0 radical (unpaired) electrons. The molecule has 0 atom stereocenters. The molecular weight excluding hydrogens is 459 g/mol. The van der Waals surface area contributed by atoms with Crippen molar-refractivity contribution in [3.63, 3.8) is 0 Å². The highest BCUT2D eigenvalue weighted by atomic mass is 28.4. The quantitative estimate of drug-likeness (QED) is 0.261. The van der Waals surface area contributed by atoms with Crippen LogP contribution in [0.25, 0.3) is 0 Å². The Hall–Kier alpha value is -0.451. The fourth-order valence-electron chi connectivity index (χ4n) is 3.44. The Morgan fingerprint density at radius 3 is 2.09 bits per heavy atom. The summed E-state index contributed by atoms with van der Waals surface area (Å²) in [4.78, 5) is 0. The molecule has 0 spiro atoms. The van der Waals surface area contributed by atoms with Crippen molar-refractivity contribution in [3.8, 4) is 0 Å². The highest BCUT2D eigenvalue weighted by Crippen LogP contribution is 2.37. The molecule has 0 bridgehead atoms. The second kappa shape index (κ2) is 10.9. The van der Waals surface area contributed by atoms with E-state index in [1.54, 1.807) is 0 Å². The lowest BCUT2D eigenvalue weighted by atomic mass is 9.78. The van der Waals surface area contributed by atoms with Crippen LogP contribution >= 0.6 is 0 Å². The molecule has 1 aromatic rings. The van der Waals surface area contributed by atoms with Crippen LogP contribution in [0.15, 0.2) is 6.20 Å². The molecule has 0 aliphatic carbocycles. The zero-order chi connectivity index (χ0) is 26.0. The van der Waals surface area contributed by atoms with Crippen molar-refractivity contribution in [2.75, 3.05) is 13.2 Å². The predicted molar refractivity (Wildman–Crippen MR) is 148 cm³/mol. The van der Waals surface area contributed by atoms with E-state index in [1.165, 1.54) is 0 Å². The van der Waals surface area contributed by atoms with Crippen molar-refractivity contribution in [1.29, 1.82) is 0 Å². The van der Waals surface area contributed by atoms with Gasteiger partial charge in [0.2, 0.25) is 0 Å². The fourth-order valence-corrected chi connectivity index (χ4v) is 5.29. The van der Waals surface area contributed by atoms with Gasteiger partial charge in [-0.15, -0.1) is 0 Å². The first-order chi connectivity index (χ1) is 15.4. The van der Waals surface area contributed by atoms with E-state index in [4.69, 9.17) is 18.5 Å². The summed E-state index contributed by atoms with van der Waals surface area (Å²) >= 11 is 0. The SMILES string of the molecule is CC1(C)OB(c2cnn(COCC[Si](C)(C)C)c2CCCCO[Si](C)(C)C(C)(C)C)OC1(C)C. The summed E-state index contributed by atoms with van der Waals surface area (Å²) in [5.74, 6) is 0. The molecule has 9 heteroatoms. The van der Waals surface area contributed by atoms with Gasteiger partial charge in [-0.3, -0.25) is 0 Å². The van der Waals surface area contributed by atoms with Gasteiger partial charge in [-0.25, -0.2) is 4.68 Å². The standard InChI is InChI=1S/C25H51BN2O4Si2/c1-23(2,3)34(11,12)30-16-14-13-15-22-21(26-31-24(4,5)25(6,7)32-26)19-27-28(22)20-29-17-18-33(8,9)10/h19H,13-18,20H2,1-12H3. The van der Waals surface area contributed by atoms with Crippen molar-refractivity contribution >= 4 is 29.0 Å². The normalized spacial score (nSPS) is 18.6. The summed E-state index contributed by atoms with van der Waals surface area (Å²) in [5.41, 5.74) is 1.43. The average Bonchev–Trinajstić information content (AvgIpc) is 3.14. The van der Waals surface area contributed by atoms with E-state index < -0.39 is 23.5 Å². The molecular formula is C25H51BN2O4Si2. The lowest BCUT2D eigenvalue weighted by Crippen LogP contribution is -2.41. The molecule has 0 unspecified atom stereocenters. The van der Waals surface area contributed by atoms with E-state index in [1.807, 2.05) is 10.9 Å². The minimum atomic E-state index is -1.71. The summed E-state index contributed by atoms with van der Waals surface area (Å²) in [7, 11) is -3.23. The maximum Gasteiger partial charge on any atom is 0.498 e. The van der Waals surface area contributed by atoms with Crippen LogP contribution < -0.4 is 5.46 Å². The monoisotopic (exact) mass is 510 g/mol. The minimum Gasteiger partial charge on any atom is -0.417 e. The number of ether oxygens (including phenoxy) is 1. The number of hydrogen-bond donors (Lipinski definition) is 0. The van der Waals surface area contributed by atoms with Crippen LogP contribution in [-0.2, 0) is 31.6 Å². The molecule has 2 heterocycles. The third kappa shape index (κ3) is 7.77. The van der Waals surface area contributed by atoms with Gasteiger partial charge in [-0.1, -0.05) is 40.4 Å². The highest BCUT2D eigenvalue weighted by Gasteiger charge is 2.52. The Balaban J connectivity index is 2.06. The molecule has 196 valence electrons. The van der Waals surface area contributed by atoms with Crippen LogP contribution in [0.3, 0.4) is 0 Å². The molecule has 0 N–H and O–H groups in total. The van der Waals surface area contributed by atoms with Gasteiger partial charge in [0.1, 0.15) is 6.73 Å². The number of aromatic nitrogens is 2. The van der Waals surface area contributed by atoms with E-state index in [0.29, 0.717) is 6.73 Å². The Bertz CT molecular complexity index is 782. The van der Waals surface area contributed by atoms with E-state index in [0.717, 1.165) is 49.7 Å². The van der Waals surface area contributed by atoms with E-state index in [-0.39, 0.29) is 16.2 Å². The molecule has 1 aliphatic heterocycles. The molecule has 1 aliphatic rings. The molecule has 1 aromatic heterocycles. The largest absolute Gasteiger partial charge is 0.498 e. The maximum atomic E-state index is 6.39. The third-order valence-electron chi connectivity index (χ3n) is 7.78. The fraction of sp³-hybridized carbons (Fsp3) is 0.880. The van der Waals surface area contributed by atoms with E-state index in [2.05, 4.69) is 86.3 Å². The van der Waals surface area contributed by atoms with E-state index >= 15 is 0 Å². The average molecular weight is 511 g/mol. The van der Waals surface area contributed by atoms with Gasteiger partial charge in [0.05, 0.1) is 11.2 Å². The van der Waals surface area contributed by atoms with Crippen molar-refractivity contribution in [1.82, 2.24) is 9.78 Å². The van der Waals surface area contributed by atoms with Gasteiger partial charge >= 0.3 is 7.12 Å². The summed E-state index contributed by atoms with van der Waals surface area (Å²) in [6.45, 7) is 29.0. The third-order valence-corrected chi connectivity index (χ3v) is 14.0. The molecule has 1 saturated heterocycles. The summed E-state index contributed by atoms with van der Waals surface area (Å²) in [6, 6.07) is 1.15. The molecule has 0 amide bonds. The number of unbranched alkanes of at least 4 members (excludes halogenated alkanes) is 1. The van der Waals surface area contributed by atoms with Gasteiger partial charge < -0.3 is 18.5 Å². The molecule has 1 fully saturated rings. The lowest BCUT2D eigenvalue weighted by Gasteiger charge is -2.36. The Morgan fingerprint density at radius 1 is 0.971 bits per heavy atom. The van der Waals surface area contributed by atoms with Crippen molar-refractivity contribution in [3.05, 3.63) is 11.9 Å². The Kier molecular flexibility index (Phi) is 9.54. The second-order valence-electron chi connectivity index (χ2n) is 13.5. The van der Waals surface area contributed by atoms with E-state index in [9.17, 15) is 0 Å². The smallest absolute Gasteiger partial charge is 0.417 e. The second-order valence-corrected chi connectivity index (χ2v) is 24.0. The number of nitrogens with zero attached hydrogens (tertiary/aromatic N) is 2. The van der Waals surface area contributed by atoms with Crippen LogP contribution in [0, 0.1) is 0 Å². The van der Waals surface area contributed by atoms with Crippen LogP contribution in [0.4, 0.5) is 0 Å². The van der Waals surface area contributed by atoms with Gasteiger partial charge in [0.15, 0.2) is 8.32 Å². The van der Waals surface area contributed by atoms with Gasteiger partial charge in [0.25, 0.3) is 0 Å². The zero-order valence-electron chi connectivity index (χ0n) is 24.1. The molecule has 6 nitrogen and oxygen atoms in total. The van der Waals surface area contributed by atoms with Gasteiger partial charge in [-0.2, -0.15) is 5.10 Å². The topological polar surface area (TPSA) is 54.7 Å². The first-order valence-electron chi connectivity index (χ1n) is 13.0. The summed E-state index contributed by atoms with van der Waals surface area (Å²) in [5, 5.41) is 4.92. The molecule has 2 rings (SSSR count). The first kappa shape index (κ1) is 29.8. The van der Waals surface area contributed by atoms with Crippen molar-refractivity contribution in [2.45, 2.75) is 129 Å². The summed E-state index contributed by atoms with van der Waals surface area (Å²) in [6.07, 6.45) is 4.86. The zero-order valence-corrected chi connectivity index (χ0v) is 26.1. The minimum absolute atomic E-state index is 0.239. The number of rotatable bonds is 12. The lowest BCUT2D eigenvalue weighted by molar-refractivity contribution is 0.00578. The first-order valence-corrected chi connectivity index (χ1v) is 19.6. The highest BCUT2D eigenvalue weighted by molar-refractivity contribution is 6.76. The Morgan fingerprint density at radius 2 is 1.56 bits per heavy atom.